The zero-order valence-electron chi connectivity index (χ0n) is 22.6. The molecule has 1 heterocycles. The van der Waals surface area contributed by atoms with Crippen molar-refractivity contribution in [3.8, 4) is 0 Å². The van der Waals surface area contributed by atoms with E-state index in [1.54, 1.807) is 16.4 Å². The van der Waals surface area contributed by atoms with Crippen LogP contribution in [0.15, 0.2) is 12.1 Å². The summed E-state index contributed by atoms with van der Waals surface area (Å²) in [5.41, 5.74) is 5.20. The summed E-state index contributed by atoms with van der Waals surface area (Å²) in [7, 11) is -2.99. The van der Waals surface area contributed by atoms with Gasteiger partial charge in [-0.1, -0.05) is 138 Å². The van der Waals surface area contributed by atoms with Crippen LogP contribution in [-0.4, -0.2) is 25.1 Å². The molecule has 2 rings (SSSR count). The monoisotopic (exact) mass is 526 g/mol. The Kier molecular flexibility index (Phi) is 6.74. The van der Waals surface area contributed by atoms with E-state index in [4.69, 9.17) is 0 Å². The predicted molar refractivity (Wildman–Crippen MR) is 151 cm³/mol. The van der Waals surface area contributed by atoms with Gasteiger partial charge in [0.25, 0.3) is 0 Å². The molecular weight excluding hydrogens is 479 g/mol. The number of halogens is 1. The molecule has 1 aromatic rings. The van der Waals surface area contributed by atoms with Crippen LogP contribution in [0.4, 0.5) is 0 Å². The highest BCUT2D eigenvalue weighted by Crippen LogP contribution is 2.83. The van der Waals surface area contributed by atoms with Crippen molar-refractivity contribution < 1.29 is 0 Å². The fourth-order valence-corrected chi connectivity index (χ4v) is 35.7. The molecular formula is C26H48BrPSi2. The van der Waals surface area contributed by atoms with Gasteiger partial charge >= 0.3 is 0 Å². The summed E-state index contributed by atoms with van der Waals surface area (Å²) in [5, 5.41) is 1.75. The van der Waals surface area contributed by atoms with E-state index in [-0.39, 0.29) is 24.2 Å². The van der Waals surface area contributed by atoms with Crippen molar-refractivity contribution in [3.63, 3.8) is 0 Å². The first kappa shape index (κ1) is 26.8. The minimum Gasteiger partial charge on any atom is -0.0832 e. The molecule has 2 unspecified atom stereocenters. The first-order valence-corrected chi connectivity index (χ1v) is 20.9. The highest BCUT2D eigenvalue weighted by molar-refractivity contribution is 9.11. The highest BCUT2D eigenvalue weighted by Gasteiger charge is 2.75. The SMILES string of the molecule is CC(C)(C)c1cc(C(C)(C)C)c(P2C(Br)C2([Si](C)(C)C)[Si](C)(C)C)c(C(C)(C)C)c1. The molecule has 1 saturated heterocycles. The predicted octanol–water partition coefficient (Wildman–Crippen LogP) is 8.91. The topological polar surface area (TPSA) is 0 Å². The zero-order valence-corrected chi connectivity index (χ0v) is 27.0. The average molecular weight is 528 g/mol. The molecule has 0 aromatic heterocycles. The van der Waals surface area contributed by atoms with Crippen molar-refractivity contribution in [1.82, 2.24) is 0 Å². The Morgan fingerprint density at radius 3 is 1.23 bits per heavy atom. The van der Waals surface area contributed by atoms with Gasteiger partial charge in [0, 0.05) is 8.97 Å². The standard InChI is InChI=1S/C26H48BrPSi2/c1-23(2,3)18-16-19(24(4,5)6)21(20(17-18)25(7,8)9)28-22(27)26(28,29(10,11)12)30(13,14)15/h16-17,22H,1-15H3. The van der Waals surface area contributed by atoms with E-state index < -0.39 is 16.1 Å². The molecule has 1 aromatic carbocycles. The molecule has 30 heavy (non-hydrogen) atoms. The van der Waals surface area contributed by atoms with Crippen molar-refractivity contribution >= 4 is 45.3 Å². The first-order valence-electron chi connectivity index (χ1n) is 11.6. The van der Waals surface area contributed by atoms with Gasteiger partial charge < -0.3 is 0 Å². The minimum atomic E-state index is -1.39. The van der Waals surface area contributed by atoms with E-state index in [1.165, 1.54) is 5.56 Å². The summed E-state index contributed by atoms with van der Waals surface area (Å²) in [6.45, 7) is 37.5. The molecule has 1 aliphatic heterocycles. The molecule has 2 atom stereocenters. The highest BCUT2D eigenvalue weighted by atomic mass is 79.9. The van der Waals surface area contributed by atoms with E-state index >= 15 is 0 Å². The Bertz CT molecular complexity index is 759. The molecule has 0 N–H and O–H groups in total. The molecule has 1 aliphatic rings. The van der Waals surface area contributed by atoms with Crippen LogP contribution in [0, 0.1) is 0 Å². The Morgan fingerprint density at radius 1 is 0.700 bits per heavy atom. The van der Waals surface area contributed by atoms with Crippen LogP contribution in [0.1, 0.15) is 79.0 Å². The van der Waals surface area contributed by atoms with Gasteiger partial charge in [-0.3, -0.25) is 0 Å². The van der Waals surface area contributed by atoms with Gasteiger partial charge in [-0.2, -0.15) is 0 Å². The van der Waals surface area contributed by atoms with Crippen LogP contribution in [0.2, 0.25) is 39.3 Å². The van der Waals surface area contributed by atoms with Crippen molar-refractivity contribution in [2.24, 2.45) is 0 Å². The van der Waals surface area contributed by atoms with Crippen LogP contribution in [0.3, 0.4) is 0 Å². The molecule has 0 saturated carbocycles. The normalized spacial score (nSPS) is 22.9. The van der Waals surface area contributed by atoms with Crippen molar-refractivity contribution in [2.45, 2.75) is 127 Å². The smallest absolute Gasteiger partial charge is 0.0549 e. The maximum Gasteiger partial charge on any atom is 0.0549 e. The van der Waals surface area contributed by atoms with Crippen LogP contribution in [0.25, 0.3) is 0 Å². The number of alkyl halides is 1. The summed E-state index contributed by atoms with van der Waals surface area (Å²) < 4.78 is 1.24. The van der Waals surface area contributed by atoms with Crippen LogP contribution >= 0.6 is 23.9 Å². The van der Waals surface area contributed by atoms with E-state index in [2.05, 4.69) is 130 Å². The second-order valence-electron chi connectivity index (χ2n) is 14.6. The second kappa shape index (κ2) is 7.54. The lowest BCUT2D eigenvalue weighted by Gasteiger charge is -2.42. The molecule has 0 amide bonds. The molecule has 4 heteroatoms. The van der Waals surface area contributed by atoms with E-state index in [9.17, 15) is 0 Å². The van der Waals surface area contributed by atoms with Gasteiger partial charge in [0.15, 0.2) is 0 Å². The Labute approximate surface area is 200 Å². The van der Waals surface area contributed by atoms with Gasteiger partial charge in [0.05, 0.1) is 16.1 Å². The van der Waals surface area contributed by atoms with E-state index in [1.807, 2.05) is 0 Å². The number of hydrogen-bond donors (Lipinski definition) is 0. The minimum absolute atomic E-state index is 0.152. The Hall–Kier alpha value is 0.564. The van der Waals surface area contributed by atoms with Crippen molar-refractivity contribution in [3.05, 3.63) is 28.8 Å². The maximum atomic E-state index is 4.34. The molecule has 0 nitrogen and oxygen atoms in total. The van der Waals surface area contributed by atoms with Gasteiger partial charge in [0.1, 0.15) is 0 Å². The first-order chi connectivity index (χ1) is 13.0. The molecule has 0 spiro atoms. The Morgan fingerprint density at radius 2 is 1.03 bits per heavy atom. The number of benzene rings is 1. The lowest BCUT2D eigenvalue weighted by atomic mass is 9.75. The van der Waals surface area contributed by atoms with Crippen molar-refractivity contribution in [1.29, 1.82) is 0 Å². The molecule has 0 radical (unpaired) electrons. The summed E-state index contributed by atoms with van der Waals surface area (Å²) in [6.07, 6.45) is 0. The summed E-state index contributed by atoms with van der Waals surface area (Å²) in [5.74, 6) is 0. The van der Waals surface area contributed by atoms with Gasteiger partial charge in [-0.05, 0) is 38.2 Å². The number of rotatable bonds is 3. The average Bonchev–Trinajstić information content (AvgIpc) is 3.09. The molecule has 0 aliphatic carbocycles. The zero-order chi connectivity index (χ0) is 23.9. The summed E-state index contributed by atoms with van der Waals surface area (Å²) in [6, 6.07) is 5.17. The van der Waals surface area contributed by atoms with Gasteiger partial charge in [-0.25, -0.2) is 0 Å². The Balaban J connectivity index is 2.99. The second-order valence-corrected chi connectivity index (χ2v) is 30.6. The van der Waals surface area contributed by atoms with Crippen LogP contribution in [-0.2, 0) is 16.2 Å². The third-order valence-corrected chi connectivity index (χ3v) is 28.3. The van der Waals surface area contributed by atoms with Crippen LogP contribution < -0.4 is 5.30 Å². The number of hydrogen-bond acceptors (Lipinski definition) is 0. The third-order valence-electron chi connectivity index (χ3n) is 7.00. The largest absolute Gasteiger partial charge is 0.0832 e. The lowest BCUT2D eigenvalue weighted by Crippen LogP contribution is -2.58. The lowest BCUT2D eigenvalue weighted by molar-refractivity contribution is 0.553. The fourth-order valence-electron chi connectivity index (χ4n) is 5.58. The van der Waals surface area contributed by atoms with Gasteiger partial charge in [-0.15, -0.1) is 0 Å². The summed E-state index contributed by atoms with van der Waals surface area (Å²) >= 11 is 4.34. The summed E-state index contributed by atoms with van der Waals surface area (Å²) in [4.78, 5) is 0. The maximum absolute atomic E-state index is 4.34. The van der Waals surface area contributed by atoms with Crippen LogP contribution in [0.5, 0.6) is 0 Å². The van der Waals surface area contributed by atoms with E-state index in [0.29, 0.717) is 8.97 Å². The molecule has 1 fully saturated rings. The fraction of sp³-hybridized carbons (Fsp3) is 0.769. The third kappa shape index (κ3) is 4.36. The molecule has 172 valence electrons. The quantitative estimate of drug-likeness (QED) is 0.209. The van der Waals surface area contributed by atoms with Crippen molar-refractivity contribution in [2.75, 3.05) is 0 Å². The molecule has 0 bridgehead atoms. The van der Waals surface area contributed by atoms with E-state index in [0.717, 1.165) is 0 Å². The van der Waals surface area contributed by atoms with Gasteiger partial charge in [0.2, 0.25) is 0 Å².